The van der Waals surface area contributed by atoms with Crippen molar-refractivity contribution in [1.82, 2.24) is 24.8 Å². The summed E-state index contributed by atoms with van der Waals surface area (Å²) >= 11 is 0. The summed E-state index contributed by atoms with van der Waals surface area (Å²) in [5.74, 6) is 1.92. The van der Waals surface area contributed by atoms with Gasteiger partial charge in [0.15, 0.2) is 0 Å². The molecule has 1 aromatic heterocycles. The molecule has 0 saturated carbocycles. The minimum absolute atomic E-state index is 0.212. The summed E-state index contributed by atoms with van der Waals surface area (Å²) in [5.41, 5.74) is 0. The van der Waals surface area contributed by atoms with E-state index in [-0.39, 0.29) is 6.61 Å². The third kappa shape index (κ3) is 46.1. The normalized spacial score (nSPS) is 11.7. The zero-order valence-electron chi connectivity index (χ0n) is 47.9. The molecule has 414 valence electrons. The van der Waals surface area contributed by atoms with Gasteiger partial charge < -0.3 is 30.9 Å². The molecular weight excluding hydrogens is 861 g/mol. The third-order valence-corrected chi connectivity index (χ3v) is 14.7. The molecule has 0 fully saturated rings. The zero-order valence-corrected chi connectivity index (χ0v) is 47.9. The summed E-state index contributed by atoms with van der Waals surface area (Å²) < 4.78 is 0. The van der Waals surface area contributed by atoms with E-state index in [2.05, 4.69) is 53.4 Å². The Morgan fingerprint density at radius 3 is 0.686 bits per heavy atom. The first-order valence-electron chi connectivity index (χ1n) is 31.7. The molecule has 70 heavy (non-hydrogen) atoms. The van der Waals surface area contributed by atoms with Crippen LogP contribution in [0, 0.1) is 0 Å². The lowest BCUT2D eigenvalue weighted by atomic mass is 10.1. The van der Waals surface area contributed by atoms with E-state index in [0.29, 0.717) is 17.8 Å². The van der Waals surface area contributed by atoms with Crippen LogP contribution in [0.25, 0.3) is 0 Å². The Kier molecular flexibility index (Phi) is 52.1. The molecule has 4 N–H and O–H groups in total. The van der Waals surface area contributed by atoms with E-state index in [4.69, 9.17) is 15.0 Å². The quantitative estimate of drug-likeness (QED) is 0.0475. The van der Waals surface area contributed by atoms with Gasteiger partial charge in [0.25, 0.3) is 0 Å². The Morgan fingerprint density at radius 1 is 0.257 bits per heavy atom. The van der Waals surface area contributed by atoms with Crippen molar-refractivity contribution in [1.29, 1.82) is 0 Å². The second kappa shape index (κ2) is 55.0. The number of anilines is 3. The van der Waals surface area contributed by atoms with E-state index >= 15 is 0 Å². The fraction of sp³-hybridized carbons (Fsp3) is 0.951. The van der Waals surface area contributed by atoms with Gasteiger partial charge in [0.1, 0.15) is 0 Å². The topological polar surface area (TPSA) is 101 Å². The molecule has 0 aliphatic carbocycles. The first-order valence-corrected chi connectivity index (χ1v) is 31.7. The van der Waals surface area contributed by atoms with Gasteiger partial charge in [-0.2, -0.15) is 15.0 Å². The Hall–Kier alpha value is -1.71. The Morgan fingerprint density at radius 2 is 0.457 bits per heavy atom. The average Bonchev–Trinajstić information content (AvgIpc) is 3.37. The number of rotatable bonds is 59. The zero-order chi connectivity index (χ0) is 50.3. The van der Waals surface area contributed by atoms with Gasteiger partial charge in [0, 0.05) is 26.2 Å². The van der Waals surface area contributed by atoms with Crippen LogP contribution in [0.5, 0.6) is 0 Å². The molecule has 9 heteroatoms. The summed E-state index contributed by atoms with van der Waals surface area (Å²) in [6, 6.07) is 0. The van der Waals surface area contributed by atoms with Crippen LogP contribution >= 0.6 is 0 Å². The van der Waals surface area contributed by atoms with Crippen LogP contribution in [-0.4, -0.2) is 95.4 Å². The molecule has 1 aromatic rings. The fourth-order valence-electron chi connectivity index (χ4n) is 10.0. The highest BCUT2D eigenvalue weighted by Gasteiger charge is 2.10. The molecule has 0 bridgehead atoms. The van der Waals surface area contributed by atoms with Gasteiger partial charge in [-0.15, -0.1) is 0 Å². The number of hydrogen-bond acceptors (Lipinski definition) is 9. The van der Waals surface area contributed by atoms with E-state index < -0.39 is 0 Å². The van der Waals surface area contributed by atoms with Crippen LogP contribution in [0.2, 0.25) is 0 Å². The SMILES string of the molecule is CCCCCCCCCCCCN(CCCCCCCCCCCC)CCCNc1nc(NCCCCO)nc(NCCCN(CCCCCCCCCCCC)CCCCCCCCCCCC)n1. The average molecular weight is 986 g/mol. The maximum absolute atomic E-state index is 9.36. The Labute approximate surface area is 437 Å². The van der Waals surface area contributed by atoms with E-state index in [1.807, 2.05) is 0 Å². The fourth-order valence-corrected chi connectivity index (χ4v) is 10.0. The van der Waals surface area contributed by atoms with Gasteiger partial charge in [-0.05, 0) is 90.6 Å². The standard InChI is InChI=1S/C61H124N8O/c1-5-9-13-17-21-25-29-33-37-42-52-68(53-43-38-34-30-26-22-18-14-10-6-2)56-47-50-63-60-65-59(62-49-41-46-58-70)66-61(67-60)64-51-48-57-69(54-44-39-35-31-27-23-19-15-11-7-3)55-45-40-36-32-28-24-20-16-12-8-4/h70H,5-58H2,1-4H3,(H3,62,63,64,65,66,67). The molecule has 0 aliphatic rings. The van der Waals surface area contributed by atoms with E-state index in [1.54, 1.807) is 0 Å². The van der Waals surface area contributed by atoms with Gasteiger partial charge in [0.05, 0.1) is 0 Å². The number of nitrogens with one attached hydrogen (secondary N) is 3. The van der Waals surface area contributed by atoms with Crippen molar-refractivity contribution >= 4 is 17.8 Å². The van der Waals surface area contributed by atoms with Crippen molar-refractivity contribution in [3.63, 3.8) is 0 Å². The molecule has 9 nitrogen and oxygen atoms in total. The van der Waals surface area contributed by atoms with Crippen molar-refractivity contribution in [3.8, 4) is 0 Å². The van der Waals surface area contributed by atoms with E-state index in [9.17, 15) is 5.11 Å². The first kappa shape index (κ1) is 66.3. The van der Waals surface area contributed by atoms with Gasteiger partial charge in [0.2, 0.25) is 17.8 Å². The third-order valence-electron chi connectivity index (χ3n) is 14.7. The number of aliphatic hydroxyl groups excluding tert-OH is 1. The molecule has 0 aliphatic heterocycles. The van der Waals surface area contributed by atoms with Crippen LogP contribution in [0.15, 0.2) is 0 Å². The molecule has 1 heterocycles. The second-order valence-corrected chi connectivity index (χ2v) is 21.6. The van der Waals surface area contributed by atoms with Crippen LogP contribution in [0.1, 0.15) is 310 Å². The number of hydrogen-bond donors (Lipinski definition) is 4. The van der Waals surface area contributed by atoms with Gasteiger partial charge in [-0.25, -0.2) is 0 Å². The number of unbranched alkanes of at least 4 members (excludes halogenated alkanes) is 37. The van der Waals surface area contributed by atoms with E-state index in [1.165, 1.54) is 283 Å². The summed E-state index contributed by atoms with van der Waals surface area (Å²) in [6.45, 7) is 19.1. The number of aromatic nitrogens is 3. The largest absolute Gasteiger partial charge is 0.396 e. The molecule has 0 unspecified atom stereocenters. The smallest absolute Gasteiger partial charge is 0.229 e. The molecule has 0 amide bonds. The maximum Gasteiger partial charge on any atom is 0.229 e. The lowest BCUT2D eigenvalue weighted by molar-refractivity contribution is 0.259. The van der Waals surface area contributed by atoms with Gasteiger partial charge in [-0.3, -0.25) is 0 Å². The molecule has 0 saturated heterocycles. The van der Waals surface area contributed by atoms with Crippen molar-refractivity contribution < 1.29 is 5.11 Å². The summed E-state index contributed by atoms with van der Waals surface area (Å²) in [4.78, 5) is 20.0. The summed E-state index contributed by atoms with van der Waals surface area (Å²) in [7, 11) is 0. The minimum atomic E-state index is 0.212. The highest BCUT2D eigenvalue weighted by molar-refractivity contribution is 5.42. The Balaban J connectivity index is 2.72. The monoisotopic (exact) mass is 985 g/mol. The number of nitrogens with zero attached hydrogens (tertiary/aromatic N) is 5. The van der Waals surface area contributed by atoms with Crippen LogP contribution in [-0.2, 0) is 0 Å². The summed E-state index contributed by atoms with van der Waals surface area (Å²) in [5, 5.41) is 20.0. The molecule has 0 aromatic carbocycles. The number of aliphatic hydroxyl groups is 1. The van der Waals surface area contributed by atoms with Gasteiger partial charge in [-0.1, -0.05) is 259 Å². The van der Waals surface area contributed by atoms with Crippen molar-refractivity contribution in [2.45, 2.75) is 310 Å². The second-order valence-electron chi connectivity index (χ2n) is 21.6. The minimum Gasteiger partial charge on any atom is -0.396 e. The van der Waals surface area contributed by atoms with Crippen molar-refractivity contribution in [2.24, 2.45) is 0 Å². The lowest BCUT2D eigenvalue weighted by Gasteiger charge is -2.23. The Bertz CT molecular complexity index is 1030. The molecule has 0 atom stereocenters. The van der Waals surface area contributed by atoms with Crippen molar-refractivity contribution in [3.05, 3.63) is 0 Å². The summed E-state index contributed by atoms with van der Waals surface area (Å²) in [6.07, 6.45) is 59.6. The molecule has 0 spiro atoms. The molecule has 1 rings (SSSR count). The first-order chi connectivity index (χ1) is 34.7. The van der Waals surface area contributed by atoms with Gasteiger partial charge >= 0.3 is 0 Å². The molecular formula is C61H124N8O. The maximum atomic E-state index is 9.36. The van der Waals surface area contributed by atoms with E-state index in [0.717, 1.165) is 58.4 Å². The van der Waals surface area contributed by atoms with Crippen LogP contribution < -0.4 is 16.0 Å². The highest BCUT2D eigenvalue weighted by atomic mass is 16.2. The molecule has 0 radical (unpaired) electrons. The van der Waals surface area contributed by atoms with Crippen LogP contribution in [0.3, 0.4) is 0 Å². The highest BCUT2D eigenvalue weighted by Crippen LogP contribution is 2.17. The lowest BCUT2D eigenvalue weighted by Crippen LogP contribution is -2.29. The predicted octanol–water partition coefficient (Wildman–Crippen LogP) is 17.9. The predicted molar refractivity (Wildman–Crippen MR) is 311 cm³/mol. The van der Waals surface area contributed by atoms with Crippen molar-refractivity contribution in [2.75, 3.05) is 81.5 Å². The van der Waals surface area contributed by atoms with Crippen LogP contribution in [0.4, 0.5) is 17.8 Å².